The standard InChI is InChI=1S/C29H28N8O2/c1-2-3-15-35-26-25(33-29(35)34-14-6-8-22(32)19-34)27(38)36(16-7-13-30)37(28(26)39)18-21-12-11-20(17-31)23-9-4-5-10-24(21)23/h4-5,9-12,22H,6-8,14-16,18-19,32H2,1H3. The van der Waals surface area contributed by atoms with Crippen LogP contribution in [0.2, 0.25) is 0 Å². The molecule has 10 nitrogen and oxygen atoms in total. The zero-order chi connectivity index (χ0) is 27.5. The molecule has 2 aromatic carbocycles. The van der Waals surface area contributed by atoms with Crippen molar-refractivity contribution < 1.29 is 0 Å². The molecule has 0 amide bonds. The van der Waals surface area contributed by atoms with Crippen molar-refractivity contribution in [2.45, 2.75) is 51.9 Å². The predicted octanol–water partition coefficient (Wildman–Crippen LogP) is 2.30. The molecule has 1 unspecified atom stereocenters. The quantitative estimate of drug-likeness (QED) is 0.385. The number of hydrogen-bond acceptors (Lipinski definition) is 7. The molecule has 1 fully saturated rings. The number of nitrogens with zero attached hydrogens (tertiary/aromatic N) is 7. The Labute approximate surface area is 225 Å². The molecule has 5 rings (SSSR count). The summed E-state index contributed by atoms with van der Waals surface area (Å²) < 4.78 is 4.42. The van der Waals surface area contributed by atoms with Crippen LogP contribution in [-0.2, 0) is 19.6 Å². The molecule has 196 valence electrons. The van der Waals surface area contributed by atoms with Gasteiger partial charge in [0.2, 0.25) is 5.95 Å². The molecule has 4 aromatic rings. The normalized spacial score (nSPS) is 15.1. The zero-order valence-electron chi connectivity index (χ0n) is 21.7. The highest BCUT2D eigenvalue weighted by atomic mass is 16.2. The molecule has 1 aliphatic heterocycles. The average molecular weight is 521 g/mol. The third-order valence-electron chi connectivity index (χ3n) is 7.16. The smallest absolute Gasteiger partial charge is 0.293 e. The van der Waals surface area contributed by atoms with E-state index in [0.29, 0.717) is 24.6 Å². The highest BCUT2D eigenvalue weighted by Gasteiger charge is 2.27. The molecular weight excluding hydrogens is 492 g/mol. The molecule has 10 heteroatoms. The van der Waals surface area contributed by atoms with Crippen LogP contribution in [0.3, 0.4) is 0 Å². The number of imidazole rings is 1. The number of nitriles is 2. The van der Waals surface area contributed by atoms with Gasteiger partial charge in [-0.15, -0.1) is 5.92 Å². The van der Waals surface area contributed by atoms with Gasteiger partial charge in [0, 0.05) is 19.1 Å². The van der Waals surface area contributed by atoms with Crippen molar-refractivity contribution in [1.29, 1.82) is 10.5 Å². The Morgan fingerprint density at radius 3 is 2.59 bits per heavy atom. The molecule has 0 saturated carbocycles. The molecule has 0 bridgehead atoms. The minimum absolute atomic E-state index is 0.0297. The highest BCUT2D eigenvalue weighted by molar-refractivity contribution is 5.90. The van der Waals surface area contributed by atoms with Gasteiger partial charge in [-0.3, -0.25) is 14.2 Å². The summed E-state index contributed by atoms with van der Waals surface area (Å²) >= 11 is 0. The van der Waals surface area contributed by atoms with Gasteiger partial charge in [-0.25, -0.2) is 14.3 Å². The molecule has 0 aliphatic carbocycles. The van der Waals surface area contributed by atoms with Gasteiger partial charge >= 0.3 is 0 Å². The molecule has 39 heavy (non-hydrogen) atoms. The van der Waals surface area contributed by atoms with Gasteiger partial charge in [0.05, 0.1) is 43.8 Å². The summed E-state index contributed by atoms with van der Waals surface area (Å²) in [6, 6.07) is 15.3. The number of hydrogen-bond donors (Lipinski definition) is 1. The van der Waals surface area contributed by atoms with E-state index in [2.05, 4.69) is 29.0 Å². The minimum atomic E-state index is -0.441. The fourth-order valence-electron chi connectivity index (χ4n) is 5.31. The lowest BCUT2D eigenvalue weighted by atomic mass is 10.00. The maximum atomic E-state index is 14.2. The molecule has 0 spiro atoms. The predicted molar refractivity (Wildman–Crippen MR) is 149 cm³/mol. The fraction of sp³-hybridized carbons (Fsp3) is 0.345. The van der Waals surface area contributed by atoms with E-state index in [1.807, 2.05) is 29.2 Å². The van der Waals surface area contributed by atoms with Crippen LogP contribution in [-0.4, -0.2) is 38.0 Å². The molecule has 1 aliphatic rings. The Hall–Kier alpha value is -4.85. The van der Waals surface area contributed by atoms with Gasteiger partial charge in [-0.2, -0.15) is 10.5 Å². The molecule has 3 heterocycles. The first kappa shape index (κ1) is 25.8. The summed E-state index contributed by atoms with van der Waals surface area (Å²) in [7, 11) is 0. The van der Waals surface area contributed by atoms with Gasteiger partial charge in [0.1, 0.15) is 5.52 Å². The lowest BCUT2D eigenvalue weighted by Gasteiger charge is -2.31. The summed E-state index contributed by atoms with van der Waals surface area (Å²) in [4.78, 5) is 34.7. The first-order valence-electron chi connectivity index (χ1n) is 12.9. The average Bonchev–Trinajstić information content (AvgIpc) is 3.34. The van der Waals surface area contributed by atoms with Crippen molar-refractivity contribution in [3.05, 3.63) is 68.2 Å². The lowest BCUT2D eigenvalue weighted by Crippen LogP contribution is -2.44. The van der Waals surface area contributed by atoms with E-state index in [4.69, 9.17) is 5.73 Å². The monoisotopic (exact) mass is 520 g/mol. The van der Waals surface area contributed by atoms with Crippen LogP contribution in [0, 0.1) is 34.5 Å². The van der Waals surface area contributed by atoms with Crippen LogP contribution in [0.4, 0.5) is 5.95 Å². The van der Waals surface area contributed by atoms with Crippen molar-refractivity contribution in [3.8, 4) is 24.0 Å². The maximum absolute atomic E-state index is 14.2. The molecule has 1 atom stereocenters. The van der Waals surface area contributed by atoms with Crippen LogP contribution in [0.25, 0.3) is 21.8 Å². The van der Waals surface area contributed by atoms with Crippen LogP contribution in [0.15, 0.2) is 46.0 Å². The van der Waals surface area contributed by atoms with Gasteiger partial charge in [0.15, 0.2) is 5.52 Å². The number of piperidine rings is 1. The second kappa shape index (κ2) is 10.9. The van der Waals surface area contributed by atoms with E-state index in [1.165, 1.54) is 9.36 Å². The number of benzene rings is 2. The van der Waals surface area contributed by atoms with E-state index < -0.39 is 11.1 Å². The summed E-state index contributed by atoms with van der Waals surface area (Å²) in [6.45, 7) is 3.32. The third kappa shape index (κ3) is 4.65. The molecule has 0 radical (unpaired) electrons. The minimum Gasteiger partial charge on any atom is -0.341 e. The van der Waals surface area contributed by atoms with Crippen molar-refractivity contribution in [2.24, 2.45) is 5.73 Å². The van der Waals surface area contributed by atoms with Crippen LogP contribution in [0.5, 0.6) is 0 Å². The topological polar surface area (TPSA) is 139 Å². The van der Waals surface area contributed by atoms with E-state index in [9.17, 15) is 20.1 Å². The Bertz CT molecular complexity index is 1840. The van der Waals surface area contributed by atoms with E-state index in [-0.39, 0.29) is 43.1 Å². The third-order valence-corrected chi connectivity index (χ3v) is 7.16. The van der Waals surface area contributed by atoms with Crippen LogP contribution >= 0.6 is 0 Å². The first-order valence-corrected chi connectivity index (χ1v) is 12.9. The van der Waals surface area contributed by atoms with E-state index >= 15 is 0 Å². The molecule has 2 N–H and O–H groups in total. The molecular formula is C29H28N8O2. The Morgan fingerprint density at radius 2 is 1.87 bits per heavy atom. The summed E-state index contributed by atoms with van der Waals surface area (Å²) in [5.74, 6) is 6.40. The SMILES string of the molecule is CC#CCn1c(N2CCCC(N)C2)nc2c(=O)n(CCC#N)n(Cc3ccc(C#N)c4ccccc34)c(=O)c21. The number of nitrogens with two attached hydrogens (primary N) is 1. The summed E-state index contributed by atoms with van der Waals surface area (Å²) in [5.41, 5.74) is 6.94. The summed E-state index contributed by atoms with van der Waals surface area (Å²) in [6.07, 6.45) is 1.83. The highest BCUT2D eigenvalue weighted by Crippen LogP contribution is 2.25. The van der Waals surface area contributed by atoms with Crippen molar-refractivity contribution in [3.63, 3.8) is 0 Å². The molecule has 2 aromatic heterocycles. The van der Waals surface area contributed by atoms with Crippen molar-refractivity contribution in [2.75, 3.05) is 18.0 Å². The number of rotatable bonds is 6. The number of anilines is 1. The Kier molecular flexibility index (Phi) is 7.19. The molecule has 1 saturated heterocycles. The maximum Gasteiger partial charge on any atom is 0.293 e. The van der Waals surface area contributed by atoms with Gasteiger partial charge in [-0.1, -0.05) is 36.3 Å². The van der Waals surface area contributed by atoms with Crippen LogP contribution in [0.1, 0.15) is 37.3 Å². The number of fused-ring (bicyclic) bond motifs is 2. The van der Waals surface area contributed by atoms with Crippen molar-refractivity contribution in [1.82, 2.24) is 18.9 Å². The van der Waals surface area contributed by atoms with E-state index in [1.54, 1.807) is 23.6 Å². The fourth-order valence-corrected chi connectivity index (χ4v) is 5.31. The first-order chi connectivity index (χ1) is 19.0. The number of aromatic nitrogens is 4. The van der Waals surface area contributed by atoms with Gasteiger partial charge in [0.25, 0.3) is 11.1 Å². The Morgan fingerprint density at radius 1 is 1.08 bits per heavy atom. The van der Waals surface area contributed by atoms with Crippen molar-refractivity contribution >= 4 is 27.8 Å². The summed E-state index contributed by atoms with van der Waals surface area (Å²) in [5, 5.41) is 20.4. The van der Waals surface area contributed by atoms with Gasteiger partial charge < -0.3 is 10.6 Å². The van der Waals surface area contributed by atoms with Crippen LogP contribution < -0.4 is 21.8 Å². The second-order valence-corrected chi connectivity index (χ2v) is 9.60. The lowest BCUT2D eigenvalue weighted by molar-refractivity contribution is 0.447. The van der Waals surface area contributed by atoms with Gasteiger partial charge in [-0.05, 0) is 42.2 Å². The largest absolute Gasteiger partial charge is 0.341 e. The van der Waals surface area contributed by atoms with E-state index in [0.717, 1.165) is 29.2 Å². The second-order valence-electron chi connectivity index (χ2n) is 9.60. The Balaban J connectivity index is 1.77. The zero-order valence-corrected chi connectivity index (χ0v) is 21.7.